The number of nitrogens with zero attached hydrogens (tertiary/aromatic N) is 4. The van der Waals surface area contributed by atoms with Gasteiger partial charge in [0, 0.05) is 79.1 Å². The first-order chi connectivity index (χ1) is 19.5. The van der Waals surface area contributed by atoms with Gasteiger partial charge in [0.2, 0.25) is 0 Å². The van der Waals surface area contributed by atoms with E-state index in [1.807, 2.05) is 173 Å². The lowest BCUT2D eigenvalue weighted by molar-refractivity contribution is 0.161. The average molecular weight is 609 g/mol. The molecule has 0 amide bonds. The first kappa shape index (κ1) is 32.3. The maximum Gasteiger partial charge on any atom is 0.966 e. The van der Waals surface area contributed by atoms with Crippen LogP contribution in [0.3, 0.4) is 0 Å². The molecule has 10 heteroatoms. The summed E-state index contributed by atoms with van der Waals surface area (Å²) >= 11 is 0. The van der Waals surface area contributed by atoms with E-state index in [-0.39, 0.29) is 12.4 Å². The minimum Gasteiger partial charge on any atom is -0.452 e. The van der Waals surface area contributed by atoms with Gasteiger partial charge in [-0.2, -0.15) is 0 Å². The van der Waals surface area contributed by atoms with E-state index in [0.29, 0.717) is 23.0 Å². The first-order valence-corrected chi connectivity index (χ1v) is 15.0. The van der Waals surface area contributed by atoms with E-state index in [9.17, 15) is 0 Å². The van der Waals surface area contributed by atoms with Gasteiger partial charge in [0.1, 0.15) is 23.0 Å². The molecule has 0 aromatic heterocycles. The molecule has 0 aliphatic rings. The molecule has 0 fully saturated rings. The molecule has 8 nitrogen and oxygen atoms in total. The van der Waals surface area contributed by atoms with Crippen LogP contribution in [-0.2, 0) is 0 Å². The van der Waals surface area contributed by atoms with Crippen LogP contribution in [0.15, 0.2) is 97.1 Å². The van der Waals surface area contributed by atoms with E-state index >= 15 is 0 Å². The molecule has 0 aliphatic carbocycles. The van der Waals surface area contributed by atoms with Crippen LogP contribution in [0.1, 0.15) is 0 Å². The molecule has 0 atom stereocenters. The van der Waals surface area contributed by atoms with Gasteiger partial charge in [-0.15, -0.1) is 12.4 Å². The summed E-state index contributed by atoms with van der Waals surface area (Å²) in [4.78, 5) is 8.12. The largest absolute Gasteiger partial charge is 0.966 e. The highest BCUT2D eigenvalue weighted by atomic mass is 35.5. The Morgan fingerprint density at radius 3 is 0.643 bits per heavy atom. The Hall–Kier alpha value is -4.21. The summed E-state index contributed by atoms with van der Waals surface area (Å²) in [6.07, 6.45) is 0. The molecular weight excluding hydrogens is 568 g/mol. The lowest BCUT2D eigenvalue weighted by Crippen LogP contribution is -2.60. The van der Waals surface area contributed by atoms with Gasteiger partial charge in [-0.1, -0.05) is 0 Å². The summed E-state index contributed by atoms with van der Waals surface area (Å²) in [5.74, 6) is 2.29. The van der Waals surface area contributed by atoms with Crippen molar-refractivity contribution in [3.8, 4) is 23.0 Å². The van der Waals surface area contributed by atoms with Crippen molar-refractivity contribution in [2.75, 3.05) is 76.0 Å². The third-order valence-corrected chi connectivity index (χ3v) is 8.33. The standard InChI is InChI=1S/C32H40N4O4Si.ClH/c1-33(2)25-9-17-29(18-10-25)37-41(38-30-19-11-26(12-20-30)34(3)4,39-31-21-13-27(14-22-31)35(5)6)40-32-23-15-28(16-24-32)36(7)8;/h9-24H,1-8H3;1H. The van der Waals surface area contributed by atoms with Crippen LogP contribution in [0.25, 0.3) is 0 Å². The van der Waals surface area contributed by atoms with Crippen molar-refractivity contribution in [3.63, 3.8) is 0 Å². The van der Waals surface area contributed by atoms with Crippen LogP contribution in [0.4, 0.5) is 22.7 Å². The van der Waals surface area contributed by atoms with Gasteiger partial charge < -0.3 is 37.3 Å². The molecule has 0 saturated carbocycles. The molecule has 0 spiro atoms. The minimum atomic E-state index is -3.99. The Morgan fingerprint density at radius 1 is 0.333 bits per heavy atom. The van der Waals surface area contributed by atoms with E-state index < -0.39 is 9.05 Å². The fraction of sp³-hybridized carbons (Fsp3) is 0.250. The Kier molecular flexibility index (Phi) is 10.9. The Bertz CT molecular complexity index is 1160. The Labute approximate surface area is 257 Å². The summed E-state index contributed by atoms with van der Waals surface area (Å²) < 4.78 is 26.4. The molecule has 0 unspecified atom stereocenters. The highest BCUT2D eigenvalue weighted by Gasteiger charge is 2.58. The van der Waals surface area contributed by atoms with Crippen molar-refractivity contribution < 1.29 is 17.7 Å². The third kappa shape index (κ3) is 8.40. The molecule has 0 heterocycles. The Morgan fingerprint density at radius 2 is 0.500 bits per heavy atom. The van der Waals surface area contributed by atoms with Crippen molar-refractivity contribution in [1.29, 1.82) is 0 Å². The fourth-order valence-electron chi connectivity index (χ4n) is 3.95. The lowest BCUT2D eigenvalue weighted by Gasteiger charge is -2.29. The second-order valence-electron chi connectivity index (χ2n) is 10.5. The summed E-state index contributed by atoms with van der Waals surface area (Å²) in [6, 6.07) is 31.0. The van der Waals surface area contributed by atoms with Crippen LogP contribution in [0.5, 0.6) is 23.0 Å². The van der Waals surface area contributed by atoms with Gasteiger partial charge in [-0.3, -0.25) is 0 Å². The number of rotatable bonds is 12. The van der Waals surface area contributed by atoms with Gasteiger partial charge in [0.25, 0.3) is 0 Å². The molecule has 0 saturated heterocycles. The summed E-state index contributed by atoms with van der Waals surface area (Å²) in [6.45, 7) is 0. The first-order valence-electron chi connectivity index (χ1n) is 13.4. The highest BCUT2D eigenvalue weighted by Crippen LogP contribution is 2.30. The van der Waals surface area contributed by atoms with E-state index in [2.05, 4.69) is 0 Å². The second-order valence-corrected chi connectivity index (χ2v) is 12.3. The number of hydrogen-bond acceptors (Lipinski definition) is 8. The van der Waals surface area contributed by atoms with Gasteiger partial charge >= 0.3 is 9.05 Å². The SMILES string of the molecule is CN(C)c1ccc(O[Si](Oc2ccc(N(C)C)cc2)(Oc2ccc(N(C)C)cc2)Oc2ccc(N(C)C)cc2)cc1.Cl. The number of benzene rings is 4. The van der Waals surface area contributed by atoms with Gasteiger partial charge in [-0.05, 0) is 97.1 Å². The van der Waals surface area contributed by atoms with Gasteiger partial charge in [-0.25, -0.2) is 0 Å². The normalized spacial score (nSPS) is 10.7. The van der Waals surface area contributed by atoms with Crippen LogP contribution in [-0.4, -0.2) is 65.4 Å². The van der Waals surface area contributed by atoms with Crippen molar-refractivity contribution in [3.05, 3.63) is 97.1 Å². The fourth-order valence-corrected chi connectivity index (χ4v) is 5.90. The van der Waals surface area contributed by atoms with Crippen LogP contribution >= 0.6 is 12.4 Å². The number of hydrogen-bond donors (Lipinski definition) is 0. The lowest BCUT2D eigenvalue weighted by atomic mass is 10.3. The zero-order valence-corrected chi connectivity index (χ0v) is 27.4. The molecule has 4 aromatic carbocycles. The highest BCUT2D eigenvalue weighted by molar-refractivity contribution is 6.57. The van der Waals surface area contributed by atoms with Crippen LogP contribution < -0.4 is 37.3 Å². The van der Waals surface area contributed by atoms with Crippen molar-refractivity contribution in [1.82, 2.24) is 0 Å². The zero-order chi connectivity index (χ0) is 29.6. The van der Waals surface area contributed by atoms with E-state index in [4.69, 9.17) is 17.7 Å². The summed E-state index contributed by atoms with van der Waals surface area (Å²) in [7, 11) is 12.0. The van der Waals surface area contributed by atoms with Gasteiger partial charge in [0.05, 0.1) is 0 Å². The van der Waals surface area contributed by atoms with Crippen molar-refractivity contribution >= 4 is 44.2 Å². The van der Waals surface area contributed by atoms with E-state index in [1.165, 1.54) is 0 Å². The topological polar surface area (TPSA) is 49.9 Å². The molecule has 0 bridgehead atoms. The number of anilines is 4. The van der Waals surface area contributed by atoms with Crippen LogP contribution in [0.2, 0.25) is 0 Å². The molecule has 4 rings (SSSR count). The second kappa shape index (κ2) is 14.1. The maximum absolute atomic E-state index is 6.60. The molecular formula is C32H41ClN4O4Si. The van der Waals surface area contributed by atoms with E-state index in [1.54, 1.807) is 0 Å². The van der Waals surface area contributed by atoms with Crippen molar-refractivity contribution in [2.45, 2.75) is 0 Å². The zero-order valence-electron chi connectivity index (χ0n) is 25.6. The maximum atomic E-state index is 6.60. The molecule has 0 aliphatic heterocycles. The average Bonchev–Trinajstić information content (AvgIpc) is 2.94. The van der Waals surface area contributed by atoms with Crippen LogP contribution in [0, 0.1) is 0 Å². The molecule has 224 valence electrons. The smallest absolute Gasteiger partial charge is 0.452 e. The minimum absolute atomic E-state index is 0. The van der Waals surface area contributed by atoms with E-state index in [0.717, 1.165) is 22.7 Å². The molecule has 42 heavy (non-hydrogen) atoms. The predicted octanol–water partition coefficient (Wildman–Crippen LogP) is 6.42. The van der Waals surface area contributed by atoms with Crippen molar-refractivity contribution in [2.24, 2.45) is 0 Å². The monoisotopic (exact) mass is 608 g/mol. The molecule has 0 N–H and O–H groups in total. The van der Waals surface area contributed by atoms with Gasteiger partial charge in [0.15, 0.2) is 0 Å². The Balaban J connectivity index is 0.00000484. The quantitative estimate of drug-likeness (QED) is 0.171. The predicted molar refractivity (Wildman–Crippen MR) is 179 cm³/mol. The number of halogens is 1. The summed E-state index contributed by atoms with van der Waals surface area (Å²) in [5, 5.41) is 0. The molecule has 4 aromatic rings. The summed E-state index contributed by atoms with van der Waals surface area (Å²) in [5.41, 5.74) is 4.19. The third-order valence-electron chi connectivity index (χ3n) is 6.38. The molecule has 0 radical (unpaired) electrons.